The Morgan fingerprint density at radius 1 is 1.00 bits per heavy atom. The fourth-order valence-electron chi connectivity index (χ4n) is 1.80. The van der Waals surface area contributed by atoms with E-state index in [-0.39, 0.29) is 11.1 Å². The Kier molecular flexibility index (Phi) is 3.62. The number of benzene rings is 1. The van der Waals surface area contributed by atoms with Gasteiger partial charge in [-0.1, -0.05) is 59.1 Å². The highest BCUT2D eigenvalue weighted by Gasteiger charge is 2.43. The molecule has 0 spiro atoms. The van der Waals surface area contributed by atoms with Crippen LogP contribution < -0.4 is 0 Å². The van der Waals surface area contributed by atoms with E-state index >= 15 is 0 Å². The van der Waals surface area contributed by atoms with Gasteiger partial charge in [0.15, 0.2) is 0 Å². The number of rotatable bonds is 1. The number of hydrogen-bond donors (Lipinski definition) is 2. The van der Waals surface area contributed by atoms with Crippen LogP contribution in [-0.2, 0) is 4.79 Å². The summed E-state index contributed by atoms with van der Waals surface area (Å²) >= 11 is 16.5. The molecule has 0 heterocycles. The van der Waals surface area contributed by atoms with E-state index in [9.17, 15) is 19.8 Å². The Morgan fingerprint density at radius 2 is 1.53 bits per heavy atom. The van der Waals surface area contributed by atoms with Crippen LogP contribution in [0.1, 0.15) is 15.9 Å². The molecule has 100 valence electrons. The maximum Gasteiger partial charge on any atom is 0.236 e. The van der Waals surface area contributed by atoms with Gasteiger partial charge in [-0.25, -0.2) is 0 Å². The Hall–Kier alpha value is -1.07. The Morgan fingerprint density at radius 3 is 2.05 bits per heavy atom. The highest BCUT2D eigenvalue weighted by molar-refractivity contribution is 6.68. The second kappa shape index (κ2) is 4.80. The van der Waals surface area contributed by atoms with Gasteiger partial charge >= 0.3 is 0 Å². The molecule has 0 bridgehead atoms. The standard InChI is InChI=1S/C12H7Cl3O4/c13-12(14,15)11(19)7-8(16)5-3-1-2-4-6(5)9(17)10(7)18/h1-4,11,16,19H/t11-/m0/s1. The van der Waals surface area contributed by atoms with Gasteiger partial charge in [0, 0.05) is 11.1 Å². The van der Waals surface area contributed by atoms with Crippen molar-refractivity contribution in [2.75, 3.05) is 0 Å². The van der Waals surface area contributed by atoms with Gasteiger partial charge in [0.25, 0.3) is 0 Å². The molecule has 4 nitrogen and oxygen atoms in total. The van der Waals surface area contributed by atoms with Crippen LogP contribution in [0.2, 0.25) is 0 Å². The Balaban J connectivity index is 2.67. The van der Waals surface area contributed by atoms with Crippen molar-refractivity contribution in [3.05, 3.63) is 41.0 Å². The van der Waals surface area contributed by atoms with Crippen molar-refractivity contribution < 1.29 is 19.8 Å². The molecule has 1 aliphatic rings. The summed E-state index contributed by atoms with van der Waals surface area (Å²) in [5.41, 5.74) is -0.440. The number of aliphatic hydroxyl groups excluding tert-OH is 2. The van der Waals surface area contributed by atoms with E-state index in [1.165, 1.54) is 12.1 Å². The zero-order valence-corrected chi connectivity index (χ0v) is 11.5. The molecule has 1 aromatic rings. The number of carbonyl (C=O) groups excluding carboxylic acids is 2. The zero-order valence-electron chi connectivity index (χ0n) is 9.23. The average molecular weight is 322 g/mol. The van der Waals surface area contributed by atoms with Crippen molar-refractivity contribution >= 4 is 52.1 Å². The molecule has 7 heteroatoms. The molecule has 2 rings (SSSR count). The molecule has 2 N–H and O–H groups in total. The van der Waals surface area contributed by atoms with E-state index in [4.69, 9.17) is 34.8 Å². The predicted octanol–water partition coefficient (Wildman–Crippen LogP) is 2.45. The second-order valence-electron chi connectivity index (χ2n) is 3.91. The predicted molar refractivity (Wildman–Crippen MR) is 71.6 cm³/mol. The summed E-state index contributed by atoms with van der Waals surface area (Å²) in [6.07, 6.45) is -1.90. The van der Waals surface area contributed by atoms with Crippen molar-refractivity contribution in [3.63, 3.8) is 0 Å². The number of carbonyl (C=O) groups is 2. The summed E-state index contributed by atoms with van der Waals surface area (Å²) in [5, 5.41) is 19.8. The van der Waals surface area contributed by atoms with Gasteiger partial charge in [0.2, 0.25) is 15.4 Å². The molecule has 0 radical (unpaired) electrons. The summed E-state index contributed by atoms with van der Waals surface area (Å²) < 4.78 is -2.23. The lowest BCUT2D eigenvalue weighted by Gasteiger charge is -2.25. The first-order valence-corrected chi connectivity index (χ1v) is 6.25. The van der Waals surface area contributed by atoms with Crippen LogP contribution >= 0.6 is 34.8 Å². The van der Waals surface area contributed by atoms with E-state index in [1.54, 1.807) is 12.1 Å². The minimum Gasteiger partial charge on any atom is -0.507 e. The highest BCUT2D eigenvalue weighted by Crippen LogP contribution is 2.38. The fraction of sp³-hybridized carbons (Fsp3) is 0.167. The Bertz CT molecular complexity index is 601. The molecule has 19 heavy (non-hydrogen) atoms. The van der Waals surface area contributed by atoms with Gasteiger partial charge < -0.3 is 10.2 Å². The lowest BCUT2D eigenvalue weighted by molar-refractivity contribution is -0.112. The lowest BCUT2D eigenvalue weighted by Crippen LogP contribution is -2.37. The van der Waals surface area contributed by atoms with Crippen molar-refractivity contribution in [2.24, 2.45) is 0 Å². The van der Waals surface area contributed by atoms with Gasteiger partial charge in [-0.2, -0.15) is 0 Å². The summed E-state index contributed by atoms with van der Waals surface area (Å²) in [4.78, 5) is 23.8. The summed E-state index contributed by atoms with van der Waals surface area (Å²) in [7, 11) is 0. The third-order valence-electron chi connectivity index (χ3n) is 2.72. The first-order chi connectivity index (χ1) is 8.75. The molecule has 0 fully saturated rings. The first-order valence-electron chi connectivity index (χ1n) is 5.11. The monoisotopic (exact) mass is 320 g/mol. The van der Waals surface area contributed by atoms with Gasteiger partial charge in [0.1, 0.15) is 11.9 Å². The largest absolute Gasteiger partial charge is 0.507 e. The number of hydrogen-bond acceptors (Lipinski definition) is 4. The van der Waals surface area contributed by atoms with Crippen LogP contribution in [0.4, 0.5) is 0 Å². The summed E-state index contributed by atoms with van der Waals surface area (Å²) in [5.74, 6) is -2.51. The number of ketones is 2. The fourth-order valence-corrected chi connectivity index (χ4v) is 2.13. The van der Waals surface area contributed by atoms with Crippen molar-refractivity contribution in [1.82, 2.24) is 0 Å². The quantitative estimate of drug-likeness (QED) is 0.615. The van der Waals surface area contributed by atoms with Crippen LogP contribution in [0.15, 0.2) is 29.8 Å². The SMILES string of the molecule is O=C1C(=O)c2ccccc2C(O)=C1[C@H](O)C(Cl)(Cl)Cl. The molecule has 0 saturated heterocycles. The van der Waals surface area contributed by atoms with Gasteiger partial charge in [0.05, 0.1) is 5.57 Å². The molecule has 0 aliphatic heterocycles. The van der Waals surface area contributed by atoms with Crippen molar-refractivity contribution in [2.45, 2.75) is 9.90 Å². The maximum atomic E-state index is 11.9. The number of halogens is 3. The van der Waals surface area contributed by atoms with E-state index < -0.39 is 32.8 Å². The van der Waals surface area contributed by atoms with Crippen molar-refractivity contribution in [3.8, 4) is 0 Å². The number of aliphatic hydroxyl groups is 2. The summed E-state index contributed by atoms with van der Waals surface area (Å²) in [6, 6.07) is 5.94. The molecular weight excluding hydrogens is 314 g/mol. The summed E-state index contributed by atoms with van der Waals surface area (Å²) in [6.45, 7) is 0. The topological polar surface area (TPSA) is 74.6 Å². The molecule has 0 aromatic heterocycles. The minimum absolute atomic E-state index is 0.0465. The van der Waals surface area contributed by atoms with E-state index in [2.05, 4.69) is 0 Å². The number of alkyl halides is 3. The van der Waals surface area contributed by atoms with E-state index in [0.717, 1.165) is 0 Å². The molecule has 0 amide bonds. The van der Waals surface area contributed by atoms with E-state index in [0.29, 0.717) is 0 Å². The van der Waals surface area contributed by atoms with E-state index in [1.807, 2.05) is 0 Å². The number of Topliss-reactive ketones (excluding diaryl/α,β-unsaturated/α-hetero) is 2. The van der Waals surface area contributed by atoms with Gasteiger partial charge in [-0.15, -0.1) is 0 Å². The normalized spacial score (nSPS) is 17.5. The third-order valence-corrected chi connectivity index (χ3v) is 3.34. The lowest BCUT2D eigenvalue weighted by atomic mass is 9.86. The van der Waals surface area contributed by atoms with Gasteiger partial charge in [-0.3, -0.25) is 9.59 Å². The third kappa shape index (κ3) is 2.37. The van der Waals surface area contributed by atoms with Crippen LogP contribution in [0.25, 0.3) is 5.76 Å². The smallest absolute Gasteiger partial charge is 0.236 e. The molecule has 1 atom stereocenters. The maximum absolute atomic E-state index is 11.9. The molecule has 1 aliphatic carbocycles. The van der Waals surface area contributed by atoms with Crippen LogP contribution in [0, 0.1) is 0 Å². The first kappa shape index (κ1) is 14.3. The molecule has 0 unspecified atom stereocenters. The van der Waals surface area contributed by atoms with Crippen LogP contribution in [0.5, 0.6) is 0 Å². The van der Waals surface area contributed by atoms with Crippen LogP contribution in [-0.4, -0.2) is 31.7 Å². The van der Waals surface area contributed by atoms with Crippen LogP contribution in [0.3, 0.4) is 0 Å². The molecule has 1 aromatic carbocycles. The average Bonchev–Trinajstić information content (AvgIpc) is 2.35. The van der Waals surface area contributed by atoms with Gasteiger partial charge in [-0.05, 0) is 0 Å². The van der Waals surface area contributed by atoms with Crippen molar-refractivity contribution in [1.29, 1.82) is 0 Å². The highest BCUT2D eigenvalue weighted by atomic mass is 35.6. The molecular formula is C12H7Cl3O4. The Labute approximate surface area is 123 Å². The second-order valence-corrected chi connectivity index (χ2v) is 6.28. The zero-order chi connectivity index (χ0) is 14.4. The molecule has 0 saturated carbocycles. The minimum atomic E-state index is -2.23. The number of fused-ring (bicyclic) bond motifs is 1.